The molecule has 2 rings (SSSR count). The van der Waals surface area contributed by atoms with E-state index in [2.05, 4.69) is 14.8 Å². The average molecular weight is 300 g/mol. The van der Waals surface area contributed by atoms with Gasteiger partial charge in [-0.25, -0.2) is 28.0 Å². The number of hydrogen-bond donors (Lipinski definition) is 1. The van der Waals surface area contributed by atoms with Gasteiger partial charge in [0.2, 0.25) is 5.95 Å². The topological polar surface area (TPSA) is 117 Å². The summed E-state index contributed by atoms with van der Waals surface area (Å²) in [7, 11) is -3.22. The Morgan fingerprint density at radius 3 is 2.70 bits per heavy atom. The van der Waals surface area contributed by atoms with Gasteiger partial charge in [-0.1, -0.05) is 6.07 Å². The Morgan fingerprint density at radius 1 is 1.45 bits per heavy atom. The molecule has 0 saturated heterocycles. The van der Waals surface area contributed by atoms with E-state index in [-0.39, 0.29) is 11.4 Å². The first-order valence-corrected chi connectivity index (χ1v) is 6.71. The third kappa shape index (κ3) is 2.51. The smallest absolute Gasteiger partial charge is 0.342 e. The molecule has 0 unspecified atom stereocenters. The number of ether oxygens (including phenoxy) is 1. The van der Waals surface area contributed by atoms with E-state index in [9.17, 15) is 17.6 Å². The number of carbonyl (C=O) groups excluding carboxylic acids is 1. The number of rotatable bonds is 3. The SMILES string of the molecule is COC(=O)c1cnn(-c2cccc(F)n2)c1S(N)(=O)=O. The molecule has 0 aromatic carbocycles. The third-order valence-corrected chi connectivity index (χ3v) is 3.25. The molecule has 0 aliphatic rings. The zero-order valence-electron chi connectivity index (χ0n) is 10.1. The van der Waals surface area contributed by atoms with Gasteiger partial charge in [0.05, 0.1) is 13.3 Å². The van der Waals surface area contributed by atoms with Gasteiger partial charge >= 0.3 is 5.97 Å². The van der Waals surface area contributed by atoms with Gasteiger partial charge in [0.25, 0.3) is 10.0 Å². The van der Waals surface area contributed by atoms with Crippen molar-refractivity contribution >= 4 is 16.0 Å². The van der Waals surface area contributed by atoms with E-state index in [4.69, 9.17) is 5.14 Å². The average Bonchev–Trinajstić information content (AvgIpc) is 2.82. The number of hydrogen-bond acceptors (Lipinski definition) is 6. The van der Waals surface area contributed by atoms with Crippen LogP contribution in [0.15, 0.2) is 29.4 Å². The number of pyridine rings is 1. The fourth-order valence-corrected chi connectivity index (χ4v) is 2.36. The van der Waals surface area contributed by atoms with Crippen molar-refractivity contribution in [2.75, 3.05) is 7.11 Å². The van der Waals surface area contributed by atoms with Gasteiger partial charge in [-0.05, 0) is 12.1 Å². The number of aromatic nitrogens is 3. The van der Waals surface area contributed by atoms with Crippen molar-refractivity contribution in [1.29, 1.82) is 0 Å². The molecule has 2 N–H and O–H groups in total. The molecular formula is C10H9FN4O4S. The van der Waals surface area contributed by atoms with Crippen molar-refractivity contribution in [1.82, 2.24) is 14.8 Å². The summed E-state index contributed by atoms with van der Waals surface area (Å²) in [6.07, 6.45) is 0.957. The largest absolute Gasteiger partial charge is 0.465 e. The van der Waals surface area contributed by atoms with Crippen LogP contribution in [0.1, 0.15) is 10.4 Å². The number of sulfonamides is 1. The first-order chi connectivity index (χ1) is 9.34. The van der Waals surface area contributed by atoms with Crippen LogP contribution in [0.5, 0.6) is 0 Å². The molecule has 0 spiro atoms. The second kappa shape index (κ2) is 4.98. The Bertz CT molecular complexity index is 771. The monoisotopic (exact) mass is 300 g/mol. The maximum atomic E-state index is 13.1. The van der Waals surface area contributed by atoms with Crippen LogP contribution in [0.2, 0.25) is 0 Å². The minimum absolute atomic E-state index is 0.135. The summed E-state index contributed by atoms with van der Waals surface area (Å²) in [6, 6.07) is 3.70. The lowest BCUT2D eigenvalue weighted by molar-refractivity contribution is 0.0596. The first kappa shape index (κ1) is 14.1. The molecule has 2 aromatic rings. The second-order valence-electron chi connectivity index (χ2n) is 3.63. The zero-order valence-corrected chi connectivity index (χ0v) is 11.0. The van der Waals surface area contributed by atoms with Gasteiger partial charge in [-0.15, -0.1) is 0 Å². The van der Waals surface area contributed by atoms with E-state index in [0.717, 1.165) is 24.1 Å². The molecule has 0 amide bonds. The summed E-state index contributed by atoms with van der Waals surface area (Å²) < 4.78 is 41.5. The van der Waals surface area contributed by atoms with Crippen LogP contribution >= 0.6 is 0 Å². The minimum atomic E-state index is -4.30. The standard InChI is InChI=1S/C10H9FN4O4S/c1-19-10(16)6-5-13-15(9(6)20(12,17)18)8-4-2-3-7(11)14-8/h2-5H,1H3,(H2,12,17,18). The van der Waals surface area contributed by atoms with Crippen LogP contribution in [0.25, 0.3) is 5.82 Å². The van der Waals surface area contributed by atoms with Crippen molar-refractivity contribution in [3.05, 3.63) is 35.9 Å². The molecule has 8 nitrogen and oxygen atoms in total. The summed E-state index contributed by atoms with van der Waals surface area (Å²) in [6.45, 7) is 0. The van der Waals surface area contributed by atoms with Gasteiger partial charge < -0.3 is 4.74 Å². The molecule has 20 heavy (non-hydrogen) atoms. The summed E-state index contributed by atoms with van der Waals surface area (Å²) in [5.74, 6) is -1.90. The fourth-order valence-electron chi connectivity index (χ4n) is 1.54. The van der Waals surface area contributed by atoms with Crippen LogP contribution < -0.4 is 5.14 Å². The number of primary sulfonamides is 1. The number of halogens is 1. The number of methoxy groups -OCH3 is 1. The van der Waals surface area contributed by atoms with Gasteiger partial charge in [-0.3, -0.25) is 0 Å². The minimum Gasteiger partial charge on any atom is -0.465 e. The van der Waals surface area contributed by atoms with Crippen LogP contribution in [0, 0.1) is 5.95 Å². The molecule has 106 valence electrons. The van der Waals surface area contributed by atoms with E-state index in [1.54, 1.807) is 0 Å². The lowest BCUT2D eigenvalue weighted by Crippen LogP contribution is -2.21. The van der Waals surface area contributed by atoms with Gasteiger partial charge in [-0.2, -0.15) is 9.49 Å². The maximum Gasteiger partial charge on any atom is 0.342 e. The molecule has 0 bridgehead atoms. The summed E-state index contributed by atoms with van der Waals surface area (Å²) in [5, 5.41) is 8.12. The third-order valence-electron chi connectivity index (χ3n) is 2.32. The molecule has 2 heterocycles. The number of carbonyl (C=O) groups is 1. The quantitative estimate of drug-likeness (QED) is 0.621. The van der Waals surface area contributed by atoms with Crippen molar-refractivity contribution in [2.45, 2.75) is 5.03 Å². The molecule has 0 radical (unpaired) electrons. The number of nitrogens with two attached hydrogens (primary N) is 1. The van der Waals surface area contributed by atoms with E-state index in [1.165, 1.54) is 12.1 Å². The molecule has 0 atom stereocenters. The lowest BCUT2D eigenvalue weighted by atomic mass is 10.4. The Morgan fingerprint density at radius 2 is 2.15 bits per heavy atom. The highest BCUT2D eigenvalue weighted by Crippen LogP contribution is 2.18. The molecule has 0 aliphatic carbocycles. The molecule has 2 aromatic heterocycles. The highest BCUT2D eigenvalue weighted by molar-refractivity contribution is 7.89. The van der Waals surface area contributed by atoms with E-state index in [1.807, 2.05) is 0 Å². The predicted molar refractivity (Wildman–Crippen MR) is 64.0 cm³/mol. The van der Waals surface area contributed by atoms with Gasteiger partial charge in [0.1, 0.15) is 5.56 Å². The summed E-state index contributed by atoms with van der Waals surface area (Å²) >= 11 is 0. The van der Waals surface area contributed by atoms with Crippen molar-refractivity contribution in [3.63, 3.8) is 0 Å². The normalized spacial score (nSPS) is 11.3. The maximum absolute atomic E-state index is 13.1. The van der Waals surface area contributed by atoms with Crippen LogP contribution in [-0.4, -0.2) is 36.3 Å². The fraction of sp³-hybridized carbons (Fsp3) is 0.100. The van der Waals surface area contributed by atoms with E-state index >= 15 is 0 Å². The first-order valence-electron chi connectivity index (χ1n) is 5.16. The Kier molecular flexibility index (Phi) is 3.51. The molecule has 0 aliphatic heterocycles. The molecule has 0 fully saturated rings. The van der Waals surface area contributed by atoms with Crippen molar-refractivity contribution in [3.8, 4) is 5.82 Å². The number of esters is 1. The number of nitrogens with zero attached hydrogens (tertiary/aromatic N) is 3. The predicted octanol–water partition coefficient (Wildman–Crippen LogP) is -0.160. The van der Waals surface area contributed by atoms with Crippen molar-refractivity contribution < 1.29 is 22.3 Å². The van der Waals surface area contributed by atoms with Crippen LogP contribution in [-0.2, 0) is 14.8 Å². The summed E-state index contributed by atoms with van der Waals surface area (Å²) in [4.78, 5) is 15.0. The van der Waals surface area contributed by atoms with Crippen molar-refractivity contribution in [2.24, 2.45) is 5.14 Å². The zero-order chi connectivity index (χ0) is 14.9. The molecule has 0 saturated carbocycles. The summed E-state index contributed by atoms with van der Waals surface area (Å²) in [5.41, 5.74) is -0.360. The Hall–Kier alpha value is -2.33. The highest BCUT2D eigenvalue weighted by atomic mass is 32.2. The van der Waals surface area contributed by atoms with E-state index in [0.29, 0.717) is 0 Å². The lowest BCUT2D eigenvalue weighted by Gasteiger charge is -2.06. The Balaban J connectivity index is 2.73. The van der Waals surface area contributed by atoms with E-state index < -0.39 is 27.0 Å². The molecule has 10 heteroatoms. The van der Waals surface area contributed by atoms with Gasteiger partial charge in [0, 0.05) is 0 Å². The Labute approximate surface area is 113 Å². The van der Waals surface area contributed by atoms with Gasteiger partial charge in [0.15, 0.2) is 10.8 Å². The highest BCUT2D eigenvalue weighted by Gasteiger charge is 2.27. The second-order valence-corrected chi connectivity index (χ2v) is 5.11. The van der Waals surface area contributed by atoms with Crippen LogP contribution in [0.3, 0.4) is 0 Å². The molecular weight excluding hydrogens is 291 g/mol. The van der Waals surface area contributed by atoms with Crippen LogP contribution in [0.4, 0.5) is 4.39 Å².